The Bertz CT molecular complexity index is 1760. The summed E-state index contributed by atoms with van der Waals surface area (Å²) < 4.78 is 2.54. The van der Waals surface area contributed by atoms with E-state index in [4.69, 9.17) is 0 Å². The molecular weight excluding hydrogens is 460 g/mol. The average Bonchev–Trinajstić information content (AvgIpc) is 3.27. The van der Waals surface area contributed by atoms with Gasteiger partial charge in [-0.2, -0.15) is 0 Å². The smallest absolute Gasteiger partial charge is 0.0578 e. The van der Waals surface area contributed by atoms with Crippen molar-refractivity contribution in [2.75, 3.05) is 4.90 Å². The molecule has 186 valence electrons. The van der Waals surface area contributed by atoms with Crippen LogP contribution in [0.1, 0.15) is 61.2 Å². The molecule has 1 atom stereocenters. The summed E-state index contributed by atoms with van der Waals surface area (Å²) in [7, 11) is 0. The van der Waals surface area contributed by atoms with Gasteiger partial charge < -0.3 is 9.47 Å². The fourth-order valence-corrected chi connectivity index (χ4v) is 7.62. The molecule has 0 fully saturated rings. The van der Waals surface area contributed by atoms with Gasteiger partial charge in [0, 0.05) is 33.3 Å². The number of hydrogen-bond acceptors (Lipinski definition) is 1. The van der Waals surface area contributed by atoms with E-state index in [2.05, 4.69) is 140 Å². The van der Waals surface area contributed by atoms with Crippen molar-refractivity contribution in [1.29, 1.82) is 0 Å². The highest BCUT2D eigenvalue weighted by Gasteiger charge is 2.40. The normalized spacial score (nSPS) is 19.5. The summed E-state index contributed by atoms with van der Waals surface area (Å²) in [5.74, 6) is 0. The van der Waals surface area contributed by atoms with Crippen molar-refractivity contribution in [3.05, 3.63) is 131 Å². The van der Waals surface area contributed by atoms with Gasteiger partial charge in [-0.3, -0.25) is 0 Å². The van der Waals surface area contributed by atoms with Crippen LogP contribution in [0.25, 0.3) is 22.7 Å². The Balaban J connectivity index is 1.35. The number of anilines is 2. The molecule has 2 heteroatoms. The number of hydrogen-bond donors (Lipinski definition) is 0. The quantitative estimate of drug-likeness (QED) is 0.227. The fourth-order valence-electron chi connectivity index (χ4n) is 7.62. The molecule has 0 bridgehead atoms. The Kier molecular flexibility index (Phi) is 4.22. The van der Waals surface area contributed by atoms with E-state index >= 15 is 0 Å². The molecule has 0 saturated carbocycles. The molecule has 38 heavy (non-hydrogen) atoms. The van der Waals surface area contributed by atoms with Gasteiger partial charge in [-0.25, -0.2) is 0 Å². The van der Waals surface area contributed by atoms with Crippen LogP contribution in [0.3, 0.4) is 0 Å². The van der Waals surface area contributed by atoms with E-state index in [1.807, 2.05) is 0 Å². The Morgan fingerprint density at radius 3 is 1.79 bits per heavy atom. The maximum atomic E-state index is 2.60. The first kappa shape index (κ1) is 22.0. The molecular formula is C36H32N2. The molecule has 3 heterocycles. The summed E-state index contributed by atoms with van der Waals surface area (Å²) in [4.78, 5) is 2.60. The second kappa shape index (κ2) is 7.29. The van der Waals surface area contributed by atoms with Crippen LogP contribution in [0.15, 0.2) is 97.1 Å². The number of fused-ring (bicyclic) bond motifs is 7. The maximum absolute atomic E-state index is 2.60. The van der Waals surface area contributed by atoms with Crippen molar-refractivity contribution >= 4 is 28.4 Å². The lowest BCUT2D eigenvalue weighted by molar-refractivity contribution is 0.612. The summed E-state index contributed by atoms with van der Waals surface area (Å²) in [6, 6.07) is 34.1. The third-order valence-corrected chi connectivity index (χ3v) is 9.52. The number of rotatable bonds is 1. The molecule has 0 spiro atoms. The lowest BCUT2D eigenvalue weighted by Crippen LogP contribution is -2.40. The van der Waals surface area contributed by atoms with Gasteiger partial charge in [0.1, 0.15) is 0 Å². The van der Waals surface area contributed by atoms with Gasteiger partial charge in [0.25, 0.3) is 0 Å². The molecule has 5 aromatic rings. The second-order valence-electron chi connectivity index (χ2n) is 12.2. The summed E-state index contributed by atoms with van der Waals surface area (Å²) in [6.45, 7) is 9.47. The van der Waals surface area contributed by atoms with E-state index in [9.17, 15) is 0 Å². The van der Waals surface area contributed by atoms with Gasteiger partial charge >= 0.3 is 0 Å². The predicted molar refractivity (Wildman–Crippen MR) is 159 cm³/mol. The molecule has 3 aliphatic rings. The third kappa shape index (κ3) is 2.63. The minimum Gasteiger partial charge on any atom is -0.334 e. The molecule has 1 aromatic heterocycles. The minimum absolute atomic E-state index is 0.0352. The largest absolute Gasteiger partial charge is 0.334 e. The number of nitrogens with zero attached hydrogens (tertiary/aromatic N) is 2. The lowest BCUT2D eigenvalue weighted by Gasteiger charge is -2.45. The van der Waals surface area contributed by atoms with Crippen molar-refractivity contribution in [1.82, 2.24) is 4.57 Å². The predicted octanol–water partition coefficient (Wildman–Crippen LogP) is 8.69. The lowest BCUT2D eigenvalue weighted by atomic mass is 9.73. The third-order valence-electron chi connectivity index (χ3n) is 9.52. The highest BCUT2D eigenvalue weighted by molar-refractivity contribution is 5.96. The van der Waals surface area contributed by atoms with Crippen LogP contribution < -0.4 is 4.90 Å². The van der Waals surface area contributed by atoms with Gasteiger partial charge in [0.15, 0.2) is 0 Å². The first-order valence-electron chi connectivity index (χ1n) is 13.8. The molecule has 0 amide bonds. The van der Waals surface area contributed by atoms with Crippen LogP contribution in [-0.4, -0.2) is 10.6 Å². The summed E-state index contributed by atoms with van der Waals surface area (Å²) >= 11 is 0. The van der Waals surface area contributed by atoms with Crippen LogP contribution in [0.4, 0.5) is 11.4 Å². The molecule has 0 radical (unpaired) electrons. The van der Waals surface area contributed by atoms with Gasteiger partial charge in [-0.15, -0.1) is 0 Å². The zero-order valence-corrected chi connectivity index (χ0v) is 22.5. The second-order valence-corrected chi connectivity index (χ2v) is 12.2. The molecule has 2 aliphatic heterocycles. The van der Waals surface area contributed by atoms with E-state index in [-0.39, 0.29) is 16.9 Å². The Morgan fingerprint density at radius 2 is 1.13 bits per heavy atom. The molecule has 1 unspecified atom stereocenters. The van der Waals surface area contributed by atoms with Crippen LogP contribution in [-0.2, 0) is 17.3 Å². The first-order valence-corrected chi connectivity index (χ1v) is 13.8. The summed E-state index contributed by atoms with van der Waals surface area (Å²) in [5, 5.41) is 1.40. The van der Waals surface area contributed by atoms with E-state index < -0.39 is 0 Å². The van der Waals surface area contributed by atoms with E-state index in [1.165, 1.54) is 61.5 Å². The van der Waals surface area contributed by atoms with E-state index in [0.29, 0.717) is 0 Å². The van der Waals surface area contributed by atoms with Crippen LogP contribution in [0, 0.1) is 0 Å². The van der Waals surface area contributed by atoms with Crippen LogP contribution in [0.5, 0.6) is 0 Å². The highest BCUT2D eigenvalue weighted by atomic mass is 15.2. The SMILES string of the molecule is CC1(C)c2ccccc2N(C2C=Cc3c(c4cccc5c4n3-c3ccccc3C5(C)C)C2)c2ccccc21. The summed E-state index contributed by atoms with van der Waals surface area (Å²) in [6.07, 6.45) is 5.82. The van der Waals surface area contributed by atoms with Gasteiger partial charge in [0.2, 0.25) is 0 Å². The number of aromatic nitrogens is 1. The number of para-hydroxylation sites is 4. The summed E-state index contributed by atoms with van der Waals surface area (Å²) in [5.41, 5.74) is 13.7. The molecule has 0 saturated heterocycles. The Hall–Kier alpha value is -4.04. The van der Waals surface area contributed by atoms with Crippen molar-refractivity contribution in [3.8, 4) is 5.69 Å². The average molecular weight is 493 g/mol. The Morgan fingerprint density at radius 1 is 0.605 bits per heavy atom. The van der Waals surface area contributed by atoms with Gasteiger partial charge in [-0.05, 0) is 58.5 Å². The van der Waals surface area contributed by atoms with Crippen molar-refractivity contribution in [2.45, 2.75) is 51.0 Å². The topological polar surface area (TPSA) is 8.17 Å². The van der Waals surface area contributed by atoms with Gasteiger partial charge in [-0.1, -0.05) is 107 Å². The fraction of sp³-hybridized carbons (Fsp3) is 0.222. The van der Waals surface area contributed by atoms with E-state index in [0.717, 1.165) is 6.42 Å². The van der Waals surface area contributed by atoms with Crippen molar-refractivity contribution in [2.24, 2.45) is 0 Å². The van der Waals surface area contributed by atoms with Crippen molar-refractivity contribution in [3.63, 3.8) is 0 Å². The maximum Gasteiger partial charge on any atom is 0.0578 e. The van der Waals surface area contributed by atoms with Gasteiger partial charge in [0.05, 0.1) is 17.2 Å². The Labute approximate surface area is 224 Å². The van der Waals surface area contributed by atoms with E-state index in [1.54, 1.807) is 0 Å². The molecule has 0 N–H and O–H groups in total. The van der Waals surface area contributed by atoms with Crippen molar-refractivity contribution < 1.29 is 0 Å². The zero-order chi connectivity index (χ0) is 25.8. The minimum atomic E-state index is -0.0355. The van der Waals surface area contributed by atoms with Crippen LogP contribution in [0.2, 0.25) is 0 Å². The molecule has 2 nitrogen and oxygen atoms in total. The number of benzene rings is 4. The molecule has 4 aromatic carbocycles. The monoisotopic (exact) mass is 492 g/mol. The zero-order valence-electron chi connectivity index (χ0n) is 22.5. The standard InChI is InChI=1S/C36H32N2/c1-35(2)26-13-5-8-17-31(26)37(32-18-9-6-14-27(32)35)23-20-21-30-25(22-23)24-12-11-16-29-34(24)38(30)33-19-10-7-15-28(33)36(29,3)4/h5-21,23H,22H2,1-4H3. The molecule has 8 rings (SSSR count). The molecule has 1 aliphatic carbocycles. The highest BCUT2D eigenvalue weighted by Crippen LogP contribution is 2.52. The van der Waals surface area contributed by atoms with Crippen LogP contribution >= 0.6 is 0 Å². The first-order chi connectivity index (χ1) is 18.4.